The summed E-state index contributed by atoms with van der Waals surface area (Å²) in [5.74, 6) is -1.37. The van der Waals surface area contributed by atoms with Crippen molar-refractivity contribution in [2.24, 2.45) is 5.73 Å². The summed E-state index contributed by atoms with van der Waals surface area (Å²) in [5.41, 5.74) is 4.54. The van der Waals surface area contributed by atoms with Crippen molar-refractivity contribution in [1.82, 2.24) is 0 Å². The molecule has 1 atom stereocenters. The van der Waals surface area contributed by atoms with Gasteiger partial charge in [0.15, 0.2) is 11.5 Å². The van der Waals surface area contributed by atoms with E-state index < -0.39 is 35.5 Å². The van der Waals surface area contributed by atoms with Crippen LogP contribution < -0.4 is 15.2 Å². The lowest BCUT2D eigenvalue weighted by Gasteiger charge is -2.24. The monoisotopic (exact) mass is 425 g/mol. The fourth-order valence-electron chi connectivity index (χ4n) is 2.00. The molecule has 3 N–H and O–H groups in total. The average Bonchev–Trinajstić information content (AvgIpc) is 2.62. The number of carbonyl (C=O) groups is 3. The summed E-state index contributed by atoms with van der Waals surface area (Å²) in [6.07, 6.45) is -0.861. The Balaban J connectivity index is 3.11. The van der Waals surface area contributed by atoms with Crippen molar-refractivity contribution in [2.45, 2.75) is 78.0 Å². The van der Waals surface area contributed by atoms with Gasteiger partial charge in [-0.3, -0.25) is 4.79 Å². The molecule has 0 saturated heterocycles. The van der Waals surface area contributed by atoms with Crippen LogP contribution in [0.4, 0.5) is 9.59 Å². The molecular formula is C21H31NO8. The van der Waals surface area contributed by atoms with Crippen LogP contribution in [0.25, 0.3) is 0 Å². The molecule has 9 heteroatoms. The van der Waals surface area contributed by atoms with E-state index in [0.717, 1.165) is 0 Å². The quantitative estimate of drug-likeness (QED) is 0.444. The molecule has 0 amide bonds. The van der Waals surface area contributed by atoms with E-state index in [0.29, 0.717) is 18.4 Å². The van der Waals surface area contributed by atoms with Gasteiger partial charge in [0.2, 0.25) is 0 Å². The van der Waals surface area contributed by atoms with Crippen molar-refractivity contribution >= 4 is 18.3 Å². The van der Waals surface area contributed by atoms with E-state index >= 15 is 0 Å². The molecule has 0 bridgehead atoms. The Bertz CT molecular complexity index is 772. The standard InChI is InChI=1S/C21H31NO8/c1-7-20(3,4)29-18(25)27-15-10-9-13(11-14(22)17(23)24)12-16(15)28-19(26)30-21(5,6)8-2/h9-10,12,14H,7-8,11,22H2,1-6H3,(H,23,24)/t14-/m0/s1. The van der Waals surface area contributed by atoms with Gasteiger partial charge in [-0.15, -0.1) is 0 Å². The number of aliphatic carboxylic acids is 1. The van der Waals surface area contributed by atoms with Crippen molar-refractivity contribution in [3.63, 3.8) is 0 Å². The summed E-state index contributed by atoms with van der Waals surface area (Å²) < 4.78 is 20.9. The topological polar surface area (TPSA) is 134 Å². The number of carboxylic acids is 1. The molecule has 0 aliphatic rings. The van der Waals surface area contributed by atoms with Crippen LogP contribution in [0.3, 0.4) is 0 Å². The Hall–Kier alpha value is -2.81. The second-order valence-corrected chi connectivity index (χ2v) is 8.06. The number of hydrogen-bond donors (Lipinski definition) is 2. The molecule has 0 saturated carbocycles. The minimum atomic E-state index is -1.17. The number of ether oxygens (including phenoxy) is 4. The van der Waals surface area contributed by atoms with Crippen molar-refractivity contribution < 1.29 is 38.4 Å². The highest BCUT2D eigenvalue weighted by atomic mass is 16.8. The zero-order chi connectivity index (χ0) is 23.1. The lowest BCUT2D eigenvalue weighted by molar-refractivity contribution is -0.138. The molecule has 1 rings (SSSR count). The molecule has 168 valence electrons. The fraction of sp³-hybridized carbons (Fsp3) is 0.571. The third-order valence-corrected chi connectivity index (χ3v) is 4.59. The molecule has 1 aromatic carbocycles. The molecule has 1 aromatic rings. The number of rotatable bonds is 9. The molecular weight excluding hydrogens is 394 g/mol. The third-order valence-electron chi connectivity index (χ3n) is 4.59. The zero-order valence-corrected chi connectivity index (χ0v) is 18.3. The van der Waals surface area contributed by atoms with Gasteiger partial charge in [0, 0.05) is 0 Å². The predicted octanol–water partition coefficient (Wildman–Crippen LogP) is 4.05. The summed E-state index contributed by atoms with van der Waals surface area (Å²) >= 11 is 0. The Kier molecular flexibility index (Phi) is 8.65. The minimum absolute atomic E-state index is 0.0191. The lowest BCUT2D eigenvalue weighted by atomic mass is 10.1. The van der Waals surface area contributed by atoms with Crippen molar-refractivity contribution in [1.29, 1.82) is 0 Å². The zero-order valence-electron chi connectivity index (χ0n) is 18.3. The highest BCUT2D eigenvalue weighted by Gasteiger charge is 2.26. The van der Waals surface area contributed by atoms with Gasteiger partial charge >= 0.3 is 18.3 Å². The average molecular weight is 425 g/mol. The van der Waals surface area contributed by atoms with E-state index in [4.69, 9.17) is 29.8 Å². The first kappa shape index (κ1) is 25.2. The summed E-state index contributed by atoms with van der Waals surface area (Å²) in [6, 6.07) is 3.12. The molecule has 0 radical (unpaired) electrons. The molecule has 0 aliphatic carbocycles. The van der Waals surface area contributed by atoms with Gasteiger partial charge in [-0.1, -0.05) is 19.9 Å². The van der Waals surface area contributed by atoms with E-state index in [9.17, 15) is 14.4 Å². The van der Waals surface area contributed by atoms with Crippen LogP contribution in [0.5, 0.6) is 11.5 Å². The van der Waals surface area contributed by atoms with Crippen molar-refractivity contribution in [2.75, 3.05) is 0 Å². The number of benzene rings is 1. The van der Waals surface area contributed by atoms with Crippen LogP contribution in [-0.4, -0.2) is 40.6 Å². The summed E-state index contributed by atoms with van der Waals surface area (Å²) in [4.78, 5) is 35.4. The lowest BCUT2D eigenvalue weighted by Crippen LogP contribution is -2.32. The maximum Gasteiger partial charge on any atom is 0.514 e. The number of carbonyl (C=O) groups excluding carboxylic acids is 2. The molecule has 0 unspecified atom stereocenters. The van der Waals surface area contributed by atoms with Crippen LogP contribution in [0.15, 0.2) is 18.2 Å². The normalized spacial score (nSPS) is 12.6. The molecule has 0 aromatic heterocycles. The highest BCUT2D eigenvalue weighted by Crippen LogP contribution is 2.31. The van der Waals surface area contributed by atoms with Gasteiger partial charge in [0.05, 0.1) is 0 Å². The molecule has 9 nitrogen and oxygen atoms in total. The summed E-state index contributed by atoms with van der Waals surface area (Å²) in [5, 5.41) is 9.00. The van der Waals surface area contributed by atoms with Gasteiger partial charge in [-0.25, -0.2) is 9.59 Å². The molecule has 30 heavy (non-hydrogen) atoms. The third kappa shape index (κ3) is 8.28. The van der Waals surface area contributed by atoms with Gasteiger partial charge in [0.1, 0.15) is 17.2 Å². The maximum absolute atomic E-state index is 12.2. The highest BCUT2D eigenvalue weighted by molar-refractivity contribution is 5.74. The van der Waals surface area contributed by atoms with E-state index in [2.05, 4.69) is 0 Å². The summed E-state index contributed by atoms with van der Waals surface area (Å²) in [7, 11) is 0. The Labute approximate surface area is 176 Å². The van der Waals surface area contributed by atoms with Crippen LogP contribution in [0.2, 0.25) is 0 Å². The first-order valence-corrected chi connectivity index (χ1v) is 9.71. The smallest absolute Gasteiger partial charge is 0.480 e. The van der Waals surface area contributed by atoms with Crippen molar-refractivity contribution in [3.8, 4) is 11.5 Å². The summed E-state index contributed by atoms with van der Waals surface area (Å²) in [6.45, 7) is 10.6. The minimum Gasteiger partial charge on any atom is -0.480 e. The second kappa shape index (κ2) is 10.3. The van der Waals surface area contributed by atoms with E-state index in [1.54, 1.807) is 27.7 Å². The maximum atomic E-state index is 12.2. The Morgan fingerprint density at radius 2 is 1.40 bits per heavy atom. The Morgan fingerprint density at radius 3 is 1.83 bits per heavy atom. The molecule has 0 aliphatic heterocycles. The number of carboxylic acid groups (broad SMARTS) is 1. The van der Waals surface area contributed by atoms with Gasteiger partial charge < -0.3 is 29.8 Å². The fourth-order valence-corrected chi connectivity index (χ4v) is 2.00. The Morgan fingerprint density at radius 1 is 0.933 bits per heavy atom. The molecule has 0 fully saturated rings. The van der Waals surface area contributed by atoms with E-state index in [-0.39, 0.29) is 17.9 Å². The van der Waals surface area contributed by atoms with E-state index in [1.807, 2.05) is 13.8 Å². The van der Waals surface area contributed by atoms with Gasteiger partial charge in [-0.2, -0.15) is 0 Å². The first-order chi connectivity index (χ1) is 13.8. The van der Waals surface area contributed by atoms with Crippen LogP contribution in [0, 0.1) is 0 Å². The second-order valence-electron chi connectivity index (χ2n) is 8.06. The number of nitrogens with two attached hydrogens (primary N) is 1. The molecule has 0 heterocycles. The van der Waals surface area contributed by atoms with Gasteiger partial charge in [-0.05, 0) is 64.7 Å². The van der Waals surface area contributed by atoms with Crippen LogP contribution in [0.1, 0.15) is 59.9 Å². The van der Waals surface area contributed by atoms with E-state index in [1.165, 1.54) is 18.2 Å². The molecule has 0 spiro atoms. The van der Waals surface area contributed by atoms with Crippen molar-refractivity contribution in [3.05, 3.63) is 23.8 Å². The SMILES string of the molecule is CCC(C)(C)OC(=O)Oc1ccc(C[C@H](N)C(=O)O)cc1OC(=O)OC(C)(C)CC. The number of hydrogen-bond acceptors (Lipinski definition) is 8. The largest absolute Gasteiger partial charge is 0.514 e. The predicted molar refractivity (Wildman–Crippen MR) is 109 cm³/mol. The first-order valence-electron chi connectivity index (χ1n) is 9.71. The van der Waals surface area contributed by atoms with Crippen LogP contribution in [-0.2, 0) is 20.7 Å². The van der Waals surface area contributed by atoms with Crippen LogP contribution >= 0.6 is 0 Å². The van der Waals surface area contributed by atoms with Gasteiger partial charge in [0.25, 0.3) is 0 Å².